The quantitative estimate of drug-likeness (QED) is 0.857. The summed E-state index contributed by atoms with van der Waals surface area (Å²) in [5.74, 6) is 0.717. The Morgan fingerprint density at radius 1 is 1.32 bits per heavy atom. The van der Waals surface area contributed by atoms with Gasteiger partial charge in [-0.1, -0.05) is 11.6 Å². The maximum absolute atomic E-state index is 11.7. The van der Waals surface area contributed by atoms with E-state index in [1.807, 2.05) is 20.0 Å². The van der Waals surface area contributed by atoms with Crippen LogP contribution in [0.25, 0.3) is 0 Å². The molecule has 1 atom stereocenters. The van der Waals surface area contributed by atoms with Gasteiger partial charge in [0.15, 0.2) is 0 Å². The lowest BCUT2D eigenvalue weighted by molar-refractivity contribution is 0.207. The summed E-state index contributed by atoms with van der Waals surface area (Å²) in [5, 5.41) is 10.2. The molecular weight excluding hydrogens is 304 g/mol. The van der Waals surface area contributed by atoms with E-state index in [0.29, 0.717) is 23.9 Å². The van der Waals surface area contributed by atoms with E-state index in [-0.39, 0.29) is 12.1 Å². The molecule has 0 fully saturated rings. The predicted molar refractivity (Wildman–Crippen MR) is 85.0 cm³/mol. The van der Waals surface area contributed by atoms with Crippen LogP contribution in [0.2, 0.25) is 5.02 Å². The Hall–Kier alpha value is -2.21. The number of hydrogen-bond donors (Lipinski definition) is 2. The third kappa shape index (κ3) is 4.96. The fourth-order valence-electron chi connectivity index (χ4n) is 1.83. The van der Waals surface area contributed by atoms with Gasteiger partial charge in [0.05, 0.1) is 18.8 Å². The second-order valence-electron chi connectivity index (χ2n) is 4.89. The Morgan fingerprint density at radius 3 is 2.68 bits per heavy atom. The topological polar surface area (TPSA) is 68.2 Å². The minimum Gasteiger partial charge on any atom is -0.489 e. The molecule has 1 aromatic heterocycles. The number of hydrogen-bond acceptors (Lipinski definition) is 3. The van der Waals surface area contributed by atoms with Crippen molar-refractivity contribution in [2.45, 2.75) is 19.6 Å². The standard InChI is InChI=1S/C15H19ClN4O2/c1-11(22-14-5-3-12(16)4-6-14)9-17-15(21)18-10-13-7-8-19-20(13)2/h3-8,11H,9-10H2,1-2H3,(H2,17,18,21)/t11-/m1/s1. The van der Waals surface area contributed by atoms with Crippen molar-refractivity contribution in [3.05, 3.63) is 47.2 Å². The Bertz CT molecular complexity index is 612. The van der Waals surface area contributed by atoms with Gasteiger partial charge in [0.1, 0.15) is 11.9 Å². The molecule has 2 N–H and O–H groups in total. The van der Waals surface area contributed by atoms with Crippen molar-refractivity contribution in [3.63, 3.8) is 0 Å². The van der Waals surface area contributed by atoms with Crippen molar-refractivity contribution >= 4 is 17.6 Å². The molecule has 0 unspecified atom stereocenters. The number of halogens is 1. The summed E-state index contributed by atoms with van der Waals surface area (Å²) in [6, 6.07) is 8.72. The number of amides is 2. The number of carbonyl (C=O) groups is 1. The van der Waals surface area contributed by atoms with E-state index in [4.69, 9.17) is 16.3 Å². The molecule has 0 aliphatic rings. The molecule has 0 aliphatic heterocycles. The van der Waals surface area contributed by atoms with Gasteiger partial charge in [0.25, 0.3) is 0 Å². The van der Waals surface area contributed by atoms with Crippen LogP contribution in [0, 0.1) is 0 Å². The van der Waals surface area contributed by atoms with Crippen LogP contribution < -0.4 is 15.4 Å². The highest BCUT2D eigenvalue weighted by molar-refractivity contribution is 6.30. The molecule has 6 nitrogen and oxygen atoms in total. The molecule has 1 heterocycles. The number of carbonyl (C=O) groups excluding carboxylic acids is 1. The van der Waals surface area contributed by atoms with Gasteiger partial charge in [0, 0.05) is 18.3 Å². The average molecular weight is 323 g/mol. The van der Waals surface area contributed by atoms with Crippen molar-refractivity contribution in [3.8, 4) is 5.75 Å². The molecule has 118 valence electrons. The third-order valence-corrected chi connectivity index (χ3v) is 3.31. The first-order valence-corrected chi connectivity index (χ1v) is 7.33. The molecule has 0 radical (unpaired) electrons. The van der Waals surface area contributed by atoms with Crippen LogP contribution in [-0.4, -0.2) is 28.5 Å². The van der Waals surface area contributed by atoms with Crippen molar-refractivity contribution < 1.29 is 9.53 Å². The number of aromatic nitrogens is 2. The first-order valence-electron chi connectivity index (χ1n) is 6.95. The molecule has 0 saturated carbocycles. The van der Waals surface area contributed by atoms with Crippen LogP contribution in [0.15, 0.2) is 36.5 Å². The summed E-state index contributed by atoms with van der Waals surface area (Å²) in [6.07, 6.45) is 1.54. The maximum atomic E-state index is 11.7. The average Bonchev–Trinajstić information content (AvgIpc) is 2.91. The smallest absolute Gasteiger partial charge is 0.315 e. The van der Waals surface area contributed by atoms with Gasteiger partial charge in [-0.15, -0.1) is 0 Å². The van der Waals surface area contributed by atoms with Gasteiger partial charge in [0.2, 0.25) is 0 Å². The number of nitrogens with one attached hydrogen (secondary N) is 2. The fraction of sp³-hybridized carbons (Fsp3) is 0.333. The van der Waals surface area contributed by atoms with E-state index >= 15 is 0 Å². The molecule has 0 saturated heterocycles. The molecule has 0 bridgehead atoms. The van der Waals surface area contributed by atoms with Crippen molar-refractivity contribution in [1.29, 1.82) is 0 Å². The summed E-state index contributed by atoms with van der Waals surface area (Å²) in [7, 11) is 1.83. The second-order valence-corrected chi connectivity index (χ2v) is 5.33. The highest BCUT2D eigenvalue weighted by Gasteiger charge is 2.07. The van der Waals surface area contributed by atoms with Crippen LogP contribution in [0.1, 0.15) is 12.6 Å². The highest BCUT2D eigenvalue weighted by atomic mass is 35.5. The van der Waals surface area contributed by atoms with Gasteiger partial charge in [-0.05, 0) is 37.3 Å². The number of benzene rings is 1. The molecule has 22 heavy (non-hydrogen) atoms. The number of ether oxygens (including phenoxy) is 1. The Kier molecular flexibility index (Phi) is 5.66. The first kappa shape index (κ1) is 16.2. The summed E-state index contributed by atoms with van der Waals surface area (Å²) in [4.78, 5) is 11.7. The van der Waals surface area contributed by atoms with Crippen LogP contribution in [0.3, 0.4) is 0 Å². The molecule has 1 aromatic carbocycles. The summed E-state index contributed by atoms with van der Waals surface area (Å²) in [5.41, 5.74) is 0.931. The number of urea groups is 1. The zero-order valence-corrected chi connectivity index (χ0v) is 13.3. The lowest BCUT2D eigenvalue weighted by atomic mass is 10.3. The second kappa shape index (κ2) is 7.70. The largest absolute Gasteiger partial charge is 0.489 e. The van der Waals surface area contributed by atoms with Gasteiger partial charge in [-0.25, -0.2) is 4.79 Å². The molecule has 0 aliphatic carbocycles. The molecule has 2 aromatic rings. The Morgan fingerprint density at radius 2 is 2.05 bits per heavy atom. The van der Waals surface area contributed by atoms with E-state index in [9.17, 15) is 4.79 Å². The van der Waals surface area contributed by atoms with Crippen molar-refractivity contribution in [2.24, 2.45) is 7.05 Å². The zero-order chi connectivity index (χ0) is 15.9. The molecular formula is C15H19ClN4O2. The minimum atomic E-state index is -0.243. The van der Waals surface area contributed by atoms with Crippen molar-refractivity contribution in [2.75, 3.05) is 6.54 Å². The monoisotopic (exact) mass is 322 g/mol. The van der Waals surface area contributed by atoms with Crippen molar-refractivity contribution in [1.82, 2.24) is 20.4 Å². The van der Waals surface area contributed by atoms with Gasteiger partial charge < -0.3 is 15.4 Å². The zero-order valence-electron chi connectivity index (χ0n) is 12.5. The van der Waals surface area contributed by atoms with Gasteiger partial charge in [-0.3, -0.25) is 4.68 Å². The van der Waals surface area contributed by atoms with Crippen LogP contribution in [0.5, 0.6) is 5.75 Å². The molecule has 2 amide bonds. The molecule has 7 heteroatoms. The Balaban J connectivity index is 1.69. The molecule has 0 spiro atoms. The normalized spacial score (nSPS) is 11.8. The number of rotatable bonds is 6. The summed E-state index contributed by atoms with van der Waals surface area (Å²) < 4.78 is 7.39. The number of aryl methyl sites for hydroxylation is 1. The third-order valence-electron chi connectivity index (χ3n) is 3.05. The summed E-state index contributed by atoms with van der Waals surface area (Å²) in [6.45, 7) is 2.71. The fourth-order valence-corrected chi connectivity index (χ4v) is 1.96. The van der Waals surface area contributed by atoms with Gasteiger partial charge >= 0.3 is 6.03 Å². The maximum Gasteiger partial charge on any atom is 0.315 e. The van der Waals surface area contributed by atoms with Crippen LogP contribution >= 0.6 is 11.6 Å². The SMILES string of the molecule is C[C@H](CNC(=O)NCc1ccnn1C)Oc1ccc(Cl)cc1. The lowest BCUT2D eigenvalue weighted by Gasteiger charge is -2.16. The Labute approximate surface area is 134 Å². The van der Waals surface area contributed by atoms with Crippen LogP contribution in [0.4, 0.5) is 4.79 Å². The molecule has 2 rings (SSSR count). The van der Waals surface area contributed by atoms with E-state index in [1.165, 1.54) is 0 Å². The minimum absolute atomic E-state index is 0.149. The number of nitrogens with zero attached hydrogens (tertiary/aromatic N) is 2. The van der Waals surface area contributed by atoms with E-state index < -0.39 is 0 Å². The highest BCUT2D eigenvalue weighted by Crippen LogP contribution is 2.16. The van der Waals surface area contributed by atoms with Gasteiger partial charge in [-0.2, -0.15) is 5.10 Å². The van der Waals surface area contributed by atoms with E-state index in [0.717, 1.165) is 5.69 Å². The van der Waals surface area contributed by atoms with E-state index in [2.05, 4.69) is 15.7 Å². The predicted octanol–water partition coefficient (Wildman–Crippen LogP) is 2.34. The lowest BCUT2D eigenvalue weighted by Crippen LogP contribution is -2.40. The van der Waals surface area contributed by atoms with E-state index in [1.54, 1.807) is 35.1 Å². The van der Waals surface area contributed by atoms with Crippen LogP contribution in [-0.2, 0) is 13.6 Å². The summed E-state index contributed by atoms with van der Waals surface area (Å²) >= 11 is 5.81. The first-order chi connectivity index (χ1) is 10.5.